The van der Waals surface area contributed by atoms with Gasteiger partial charge < -0.3 is 10.2 Å². The number of nitrogens with zero attached hydrogens (tertiary/aromatic N) is 2. The number of hydrogen-bond donors (Lipinski definition) is 1. The Labute approximate surface area is 184 Å². The maximum Gasteiger partial charge on any atom is 0.244 e. The Morgan fingerprint density at radius 3 is 2.40 bits per heavy atom. The van der Waals surface area contributed by atoms with Crippen molar-refractivity contribution in [2.75, 3.05) is 24.2 Å². The molecule has 0 aliphatic carbocycles. The minimum atomic E-state index is -3.96. The fraction of sp³-hybridized carbons (Fsp3) is 0.300. The third-order valence-corrected chi connectivity index (χ3v) is 6.08. The molecular formula is C20H23BrFN3O4S. The largest absolute Gasteiger partial charge is 0.357 e. The molecule has 1 N–H and O–H groups in total. The van der Waals surface area contributed by atoms with Crippen molar-refractivity contribution in [2.45, 2.75) is 19.5 Å². The van der Waals surface area contributed by atoms with Gasteiger partial charge >= 0.3 is 0 Å². The molecule has 0 spiro atoms. The van der Waals surface area contributed by atoms with Crippen molar-refractivity contribution in [1.29, 1.82) is 0 Å². The van der Waals surface area contributed by atoms with Gasteiger partial charge in [0, 0.05) is 18.1 Å². The van der Waals surface area contributed by atoms with Crippen LogP contribution in [-0.2, 0) is 26.2 Å². The number of amides is 2. The molecule has 2 amide bonds. The molecule has 0 heterocycles. The summed E-state index contributed by atoms with van der Waals surface area (Å²) in [5, 5.41) is 2.49. The first-order valence-electron chi connectivity index (χ1n) is 9.02. The number of rotatable bonds is 8. The van der Waals surface area contributed by atoms with Crippen molar-refractivity contribution in [2.24, 2.45) is 0 Å². The predicted molar refractivity (Wildman–Crippen MR) is 117 cm³/mol. The van der Waals surface area contributed by atoms with E-state index >= 15 is 0 Å². The zero-order valence-electron chi connectivity index (χ0n) is 16.8. The van der Waals surface area contributed by atoms with E-state index in [0.29, 0.717) is 4.31 Å². The number of hydrogen-bond acceptors (Lipinski definition) is 4. The van der Waals surface area contributed by atoms with E-state index in [0.717, 1.165) is 22.4 Å². The van der Waals surface area contributed by atoms with Gasteiger partial charge in [-0.3, -0.25) is 13.9 Å². The fourth-order valence-corrected chi connectivity index (χ4v) is 4.17. The van der Waals surface area contributed by atoms with Crippen LogP contribution in [0.2, 0.25) is 0 Å². The molecule has 0 aromatic heterocycles. The lowest BCUT2D eigenvalue weighted by atomic mass is 10.1. The Morgan fingerprint density at radius 1 is 1.17 bits per heavy atom. The van der Waals surface area contributed by atoms with E-state index in [-0.39, 0.29) is 12.2 Å². The highest BCUT2D eigenvalue weighted by Crippen LogP contribution is 2.22. The van der Waals surface area contributed by atoms with Gasteiger partial charge in [0.2, 0.25) is 21.8 Å². The van der Waals surface area contributed by atoms with Crippen LogP contribution in [0.25, 0.3) is 0 Å². The Hall–Kier alpha value is -2.46. The smallest absolute Gasteiger partial charge is 0.244 e. The van der Waals surface area contributed by atoms with Gasteiger partial charge in [0.05, 0.1) is 11.9 Å². The second-order valence-corrected chi connectivity index (χ2v) is 9.49. The molecule has 0 bridgehead atoms. The lowest BCUT2D eigenvalue weighted by Gasteiger charge is -2.31. The van der Waals surface area contributed by atoms with Crippen LogP contribution in [0, 0.1) is 5.82 Å². The van der Waals surface area contributed by atoms with Crippen molar-refractivity contribution in [1.82, 2.24) is 10.2 Å². The standard InChI is InChI=1S/C20H23BrFN3O4S/c1-14(20(27)23-2)24(12-15-7-6-8-16(21)11-15)19(26)13-25(30(3,28)29)18-10-5-4-9-17(18)22/h4-11,14H,12-13H2,1-3H3,(H,23,27)/t14-/m0/s1. The van der Waals surface area contributed by atoms with Crippen molar-refractivity contribution in [3.63, 3.8) is 0 Å². The van der Waals surface area contributed by atoms with Crippen molar-refractivity contribution in [3.8, 4) is 0 Å². The first kappa shape index (κ1) is 23.8. The molecular weight excluding hydrogens is 477 g/mol. The van der Waals surface area contributed by atoms with E-state index in [1.165, 1.54) is 30.1 Å². The molecule has 1 atom stereocenters. The van der Waals surface area contributed by atoms with Gasteiger partial charge in [-0.15, -0.1) is 0 Å². The van der Waals surface area contributed by atoms with Gasteiger partial charge in [-0.05, 0) is 36.8 Å². The van der Waals surface area contributed by atoms with Crippen molar-refractivity contribution in [3.05, 3.63) is 64.4 Å². The van der Waals surface area contributed by atoms with Gasteiger partial charge in [-0.1, -0.05) is 40.2 Å². The Morgan fingerprint density at radius 2 is 1.83 bits per heavy atom. The summed E-state index contributed by atoms with van der Waals surface area (Å²) >= 11 is 3.36. The highest BCUT2D eigenvalue weighted by molar-refractivity contribution is 9.10. The number of nitrogens with one attached hydrogen (secondary N) is 1. The summed E-state index contributed by atoms with van der Waals surface area (Å²) in [4.78, 5) is 26.6. The molecule has 30 heavy (non-hydrogen) atoms. The zero-order valence-corrected chi connectivity index (χ0v) is 19.2. The lowest BCUT2D eigenvalue weighted by molar-refractivity contribution is -0.139. The van der Waals surface area contributed by atoms with E-state index in [1.54, 1.807) is 25.1 Å². The van der Waals surface area contributed by atoms with Gasteiger partial charge in [0.1, 0.15) is 18.4 Å². The number of halogens is 2. The summed E-state index contributed by atoms with van der Waals surface area (Å²) in [6.07, 6.45) is 0.896. The Balaban J connectivity index is 2.40. The van der Waals surface area contributed by atoms with Gasteiger partial charge in [-0.2, -0.15) is 0 Å². The van der Waals surface area contributed by atoms with Crippen LogP contribution in [0.5, 0.6) is 0 Å². The van der Waals surface area contributed by atoms with Gasteiger partial charge in [0.25, 0.3) is 0 Å². The summed E-state index contributed by atoms with van der Waals surface area (Å²) in [6, 6.07) is 11.6. The maximum atomic E-state index is 14.3. The summed E-state index contributed by atoms with van der Waals surface area (Å²) in [5.41, 5.74) is 0.508. The van der Waals surface area contributed by atoms with Crippen LogP contribution in [0.3, 0.4) is 0 Å². The van der Waals surface area contributed by atoms with Crippen molar-refractivity contribution < 1.29 is 22.4 Å². The van der Waals surface area contributed by atoms with E-state index in [2.05, 4.69) is 21.2 Å². The number of carbonyl (C=O) groups is 2. The SMILES string of the molecule is CNC(=O)[C@H](C)N(Cc1cccc(Br)c1)C(=O)CN(c1ccccc1F)S(C)(=O)=O. The second-order valence-electron chi connectivity index (χ2n) is 6.66. The van der Waals surface area contributed by atoms with E-state index in [9.17, 15) is 22.4 Å². The first-order valence-corrected chi connectivity index (χ1v) is 11.7. The summed E-state index contributed by atoms with van der Waals surface area (Å²) < 4.78 is 40.4. The van der Waals surface area contributed by atoms with Gasteiger partial charge in [-0.25, -0.2) is 12.8 Å². The number of sulfonamides is 1. The molecule has 0 aliphatic rings. The van der Waals surface area contributed by atoms with E-state index < -0.39 is 40.2 Å². The highest BCUT2D eigenvalue weighted by atomic mass is 79.9. The highest BCUT2D eigenvalue weighted by Gasteiger charge is 2.30. The summed E-state index contributed by atoms with van der Waals surface area (Å²) in [6.45, 7) is 0.972. The van der Waals surface area contributed by atoms with E-state index in [1.807, 2.05) is 6.07 Å². The topological polar surface area (TPSA) is 86.8 Å². The molecule has 0 fully saturated rings. The maximum absolute atomic E-state index is 14.3. The minimum Gasteiger partial charge on any atom is -0.357 e. The number of benzene rings is 2. The second kappa shape index (κ2) is 10.0. The van der Waals surface area contributed by atoms with E-state index in [4.69, 9.17) is 0 Å². The van der Waals surface area contributed by atoms with Crippen molar-refractivity contribution >= 4 is 43.5 Å². The molecule has 0 unspecified atom stereocenters. The van der Waals surface area contributed by atoms with Crippen LogP contribution in [0.4, 0.5) is 10.1 Å². The predicted octanol–water partition coefficient (Wildman–Crippen LogP) is 2.52. The third-order valence-electron chi connectivity index (χ3n) is 4.46. The molecule has 0 saturated carbocycles. The van der Waals surface area contributed by atoms with Gasteiger partial charge in [0.15, 0.2) is 0 Å². The van der Waals surface area contributed by atoms with Crippen LogP contribution >= 0.6 is 15.9 Å². The number of para-hydroxylation sites is 1. The molecule has 7 nitrogen and oxygen atoms in total. The van der Waals surface area contributed by atoms with Crippen LogP contribution in [-0.4, -0.2) is 51.0 Å². The lowest BCUT2D eigenvalue weighted by Crippen LogP contribution is -2.50. The first-order chi connectivity index (χ1) is 14.0. The third kappa shape index (κ3) is 6.02. The summed E-state index contributed by atoms with van der Waals surface area (Å²) in [7, 11) is -2.52. The van der Waals surface area contributed by atoms with Crippen LogP contribution in [0.15, 0.2) is 53.0 Å². The summed E-state index contributed by atoms with van der Waals surface area (Å²) in [5.74, 6) is -1.82. The quantitative estimate of drug-likeness (QED) is 0.604. The molecule has 10 heteroatoms. The molecule has 0 saturated heterocycles. The molecule has 0 radical (unpaired) electrons. The molecule has 0 aliphatic heterocycles. The van der Waals surface area contributed by atoms with Crippen LogP contribution < -0.4 is 9.62 Å². The molecule has 162 valence electrons. The molecule has 2 aromatic carbocycles. The number of anilines is 1. The average molecular weight is 500 g/mol. The Bertz CT molecular complexity index is 1030. The monoisotopic (exact) mass is 499 g/mol. The Kier molecular flexibility index (Phi) is 7.96. The minimum absolute atomic E-state index is 0.0712. The van der Waals surface area contributed by atoms with Crippen LogP contribution in [0.1, 0.15) is 12.5 Å². The molecule has 2 rings (SSSR count). The molecule has 2 aromatic rings. The number of carbonyl (C=O) groups excluding carboxylic acids is 2. The number of likely N-dealkylation sites (N-methyl/N-ethyl adjacent to an activating group) is 1. The average Bonchev–Trinajstić information content (AvgIpc) is 2.69. The normalized spacial score (nSPS) is 12.2. The fourth-order valence-electron chi connectivity index (χ4n) is 2.87. The zero-order chi connectivity index (χ0) is 22.5.